The summed E-state index contributed by atoms with van der Waals surface area (Å²) in [6.45, 7) is 8.53. The summed E-state index contributed by atoms with van der Waals surface area (Å²) in [6.07, 6.45) is 3.61. The van der Waals surface area contributed by atoms with Gasteiger partial charge in [0, 0.05) is 26.2 Å². The van der Waals surface area contributed by atoms with Crippen LogP contribution in [0.25, 0.3) is 0 Å². The zero-order valence-electron chi connectivity index (χ0n) is 16.0. The molecular formula is C21H31FN2O2. The van der Waals surface area contributed by atoms with Crippen LogP contribution in [-0.2, 0) is 14.9 Å². The summed E-state index contributed by atoms with van der Waals surface area (Å²) >= 11 is 0. The Bertz CT molecular complexity index is 614. The van der Waals surface area contributed by atoms with Crippen LogP contribution in [0.15, 0.2) is 24.3 Å². The molecule has 1 amide bonds. The zero-order chi connectivity index (χ0) is 18.6. The van der Waals surface area contributed by atoms with Crippen LogP contribution in [0.2, 0.25) is 0 Å². The molecule has 1 aliphatic carbocycles. The fraction of sp³-hybridized carbons (Fsp3) is 0.667. The maximum Gasteiger partial charge on any atom is 0.230 e. The Balaban J connectivity index is 1.62. The molecule has 0 aromatic heterocycles. The Hall–Kier alpha value is -1.46. The number of carbonyl (C=O) groups is 1. The van der Waals surface area contributed by atoms with Crippen molar-refractivity contribution >= 4 is 5.91 Å². The van der Waals surface area contributed by atoms with E-state index in [1.807, 2.05) is 6.07 Å². The number of amides is 1. The molecule has 0 bridgehead atoms. The molecule has 1 atom stereocenters. The van der Waals surface area contributed by atoms with E-state index in [0.717, 1.165) is 50.9 Å². The van der Waals surface area contributed by atoms with Crippen LogP contribution in [0.3, 0.4) is 0 Å². The molecule has 3 rings (SSSR count). The summed E-state index contributed by atoms with van der Waals surface area (Å²) < 4.78 is 19.6. The van der Waals surface area contributed by atoms with Gasteiger partial charge in [-0.25, -0.2) is 4.39 Å². The number of benzene rings is 1. The Morgan fingerprint density at radius 2 is 2.15 bits per heavy atom. The van der Waals surface area contributed by atoms with E-state index < -0.39 is 5.41 Å². The largest absolute Gasteiger partial charge is 0.374 e. The quantitative estimate of drug-likeness (QED) is 0.845. The summed E-state index contributed by atoms with van der Waals surface area (Å²) in [4.78, 5) is 15.5. The first kappa shape index (κ1) is 19.3. The van der Waals surface area contributed by atoms with E-state index in [2.05, 4.69) is 24.1 Å². The van der Waals surface area contributed by atoms with E-state index in [1.165, 1.54) is 12.1 Å². The third-order valence-corrected chi connectivity index (χ3v) is 5.61. The van der Waals surface area contributed by atoms with Crippen molar-refractivity contribution in [3.8, 4) is 0 Å². The number of ether oxygens (including phenoxy) is 1. The predicted octanol–water partition coefficient (Wildman–Crippen LogP) is 3.11. The summed E-state index contributed by atoms with van der Waals surface area (Å²) in [5.41, 5.74) is 0.215. The van der Waals surface area contributed by atoms with Gasteiger partial charge in [0.05, 0.1) is 18.1 Å². The third kappa shape index (κ3) is 4.44. The molecule has 1 aliphatic heterocycles. The van der Waals surface area contributed by atoms with E-state index in [9.17, 15) is 9.18 Å². The van der Waals surface area contributed by atoms with Gasteiger partial charge >= 0.3 is 0 Å². The SMILES string of the molecule is CC(C)CN1CCOC(CNC(=O)C2(c3cccc(F)c3)CCCC2)C1. The first-order valence-corrected chi connectivity index (χ1v) is 9.88. The molecule has 0 spiro atoms. The van der Waals surface area contributed by atoms with Crippen molar-refractivity contribution in [1.82, 2.24) is 10.2 Å². The Morgan fingerprint density at radius 3 is 2.85 bits per heavy atom. The molecule has 144 valence electrons. The number of hydrogen-bond acceptors (Lipinski definition) is 3. The van der Waals surface area contributed by atoms with E-state index in [-0.39, 0.29) is 17.8 Å². The van der Waals surface area contributed by atoms with Gasteiger partial charge in [-0.1, -0.05) is 38.8 Å². The van der Waals surface area contributed by atoms with Gasteiger partial charge in [-0.05, 0) is 36.5 Å². The summed E-state index contributed by atoms with van der Waals surface area (Å²) in [7, 11) is 0. The number of halogens is 1. The number of carbonyl (C=O) groups excluding carboxylic acids is 1. The minimum Gasteiger partial charge on any atom is -0.374 e. The highest BCUT2D eigenvalue weighted by molar-refractivity contribution is 5.88. The average Bonchev–Trinajstić information content (AvgIpc) is 3.10. The molecule has 1 N–H and O–H groups in total. The molecule has 4 nitrogen and oxygen atoms in total. The maximum absolute atomic E-state index is 13.7. The normalized spacial score (nSPS) is 23.3. The molecule has 1 heterocycles. The third-order valence-electron chi connectivity index (χ3n) is 5.61. The molecular weight excluding hydrogens is 331 g/mol. The summed E-state index contributed by atoms with van der Waals surface area (Å²) in [5.74, 6) is 0.366. The minimum absolute atomic E-state index is 0.0187. The van der Waals surface area contributed by atoms with Gasteiger partial charge in [0.2, 0.25) is 5.91 Å². The minimum atomic E-state index is -0.589. The number of morpholine rings is 1. The molecule has 1 unspecified atom stereocenters. The monoisotopic (exact) mass is 362 g/mol. The molecule has 1 aromatic carbocycles. The standard InChI is InChI=1S/C21H31FN2O2/c1-16(2)14-24-10-11-26-19(15-24)13-23-20(25)21(8-3-4-9-21)17-6-5-7-18(22)12-17/h5-7,12,16,19H,3-4,8-11,13-15H2,1-2H3,(H,23,25). The topological polar surface area (TPSA) is 41.6 Å². The van der Waals surface area contributed by atoms with Crippen molar-refractivity contribution in [2.24, 2.45) is 5.92 Å². The molecule has 0 radical (unpaired) electrons. The smallest absolute Gasteiger partial charge is 0.230 e. The summed E-state index contributed by atoms with van der Waals surface area (Å²) in [5, 5.41) is 3.11. The van der Waals surface area contributed by atoms with Crippen molar-refractivity contribution in [1.29, 1.82) is 0 Å². The van der Waals surface area contributed by atoms with Crippen LogP contribution in [0.4, 0.5) is 4.39 Å². The van der Waals surface area contributed by atoms with Crippen LogP contribution in [0.5, 0.6) is 0 Å². The highest BCUT2D eigenvalue weighted by atomic mass is 19.1. The molecule has 1 aromatic rings. The van der Waals surface area contributed by atoms with Crippen molar-refractivity contribution in [3.63, 3.8) is 0 Å². The molecule has 1 saturated carbocycles. The number of rotatable bonds is 6. The van der Waals surface area contributed by atoms with Crippen molar-refractivity contribution < 1.29 is 13.9 Å². The lowest BCUT2D eigenvalue weighted by Gasteiger charge is -2.35. The first-order valence-electron chi connectivity index (χ1n) is 9.88. The average molecular weight is 362 g/mol. The van der Waals surface area contributed by atoms with E-state index in [0.29, 0.717) is 19.1 Å². The van der Waals surface area contributed by atoms with Crippen molar-refractivity contribution in [3.05, 3.63) is 35.6 Å². The first-order chi connectivity index (χ1) is 12.5. The lowest BCUT2D eigenvalue weighted by molar-refractivity contribution is -0.127. The van der Waals surface area contributed by atoms with Gasteiger partial charge in [0.25, 0.3) is 0 Å². The van der Waals surface area contributed by atoms with Crippen molar-refractivity contribution in [2.75, 3.05) is 32.8 Å². The van der Waals surface area contributed by atoms with Crippen LogP contribution < -0.4 is 5.32 Å². The lowest BCUT2D eigenvalue weighted by Crippen LogP contribution is -2.51. The molecule has 1 saturated heterocycles. The second-order valence-corrected chi connectivity index (χ2v) is 8.16. The fourth-order valence-corrected chi connectivity index (χ4v) is 4.37. The van der Waals surface area contributed by atoms with Gasteiger partial charge < -0.3 is 10.1 Å². The highest BCUT2D eigenvalue weighted by Gasteiger charge is 2.43. The molecule has 2 fully saturated rings. The Kier molecular flexibility index (Phi) is 6.30. The molecule has 2 aliphatic rings. The lowest BCUT2D eigenvalue weighted by atomic mass is 9.78. The number of hydrogen-bond donors (Lipinski definition) is 1. The van der Waals surface area contributed by atoms with E-state index >= 15 is 0 Å². The van der Waals surface area contributed by atoms with Crippen molar-refractivity contribution in [2.45, 2.75) is 51.0 Å². The van der Waals surface area contributed by atoms with Gasteiger partial charge in [-0.15, -0.1) is 0 Å². The van der Waals surface area contributed by atoms with Gasteiger partial charge in [0.1, 0.15) is 5.82 Å². The van der Waals surface area contributed by atoms with E-state index in [1.54, 1.807) is 6.07 Å². The van der Waals surface area contributed by atoms with E-state index in [4.69, 9.17) is 4.74 Å². The zero-order valence-corrected chi connectivity index (χ0v) is 16.0. The van der Waals surface area contributed by atoms with Crippen LogP contribution in [0.1, 0.15) is 45.1 Å². The highest BCUT2D eigenvalue weighted by Crippen LogP contribution is 2.41. The Labute approximate surface area is 156 Å². The van der Waals surface area contributed by atoms with Crippen LogP contribution in [-0.4, -0.2) is 49.7 Å². The Morgan fingerprint density at radius 1 is 1.38 bits per heavy atom. The van der Waals surface area contributed by atoms with Gasteiger partial charge in [-0.2, -0.15) is 0 Å². The fourth-order valence-electron chi connectivity index (χ4n) is 4.37. The second kappa shape index (κ2) is 8.49. The number of nitrogens with one attached hydrogen (secondary N) is 1. The van der Waals surface area contributed by atoms with Crippen LogP contribution in [0, 0.1) is 11.7 Å². The second-order valence-electron chi connectivity index (χ2n) is 8.16. The molecule has 26 heavy (non-hydrogen) atoms. The van der Waals surface area contributed by atoms with Gasteiger partial charge in [0.15, 0.2) is 0 Å². The van der Waals surface area contributed by atoms with Gasteiger partial charge in [-0.3, -0.25) is 9.69 Å². The maximum atomic E-state index is 13.7. The molecule has 5 heteroatoms. The predicted molar refractivity (Wildman–Crippen MR) is 101 cm³/mol. The summed E-state index contributed by atoms with van der Waals surface area (Å²) in [6, 6.07) is 6.54. The number of nitrogens with zero attached hydrogens (tertiary/aromatic N) is 1. The van der Waals surface area contributed by atoms with Crippen LogP contribution >= 0.6 is 0 Å².